The molecular formula is C10H8Cl2N2S2. The van der Waals surface area contributed by atoms with E-state index in [1.165, 1.54) is 11.3 Å². The van der Waals surface area contributed by atoms with E-state index in [4.69, 9.17) is 28.9 Å². The maximum absolute atomic E-state index is 5.92. The van der Waals surface area contributed by atoms with Gasteiger partial charge in [-0.1, -0.05) is 23.2 Å². The van der Waals surface area contributed by atoms with Crippen LogP contribution in [0.4, 0.5) is 5.13 Å². The lowest BCUT2D eigenvalue weighted by molar-refractivity contribution is 1.24. The second-order valence-electron chi connectivity index (χ2n) is 3.04. The van der Waals surface area contributed by atoms with Crippen molar-refractivity contribution >= 4 is 51.4 Å². The first-order valence-corrected chi connectivity index (χ1v) is 7.05. The Bertz CT molecular complexity index is 499. The summed E-state index contributed by atoms with van der Waals surface area (Å²) in [6, 6.07) is 5.58. The molecule has 0 fully saturated rings. The van der Waals surface area contributed by atoms with Crippen LogP contribution in [0, 0.1) is 0 Å². The van der Waals surface area contributed by atoms with Gasteiger partial charge in [-0.2, -0.15) is 0 Å². The molecule has 6 heteroatoms. The van der Waals surface area contributed by atoms with Crippen molar-refractivity contribution in [1.29, 1.82) is 0 Å². The van der Waals surface area contributed by atoms with Gasteiger partial charge in [0.05, 0.1) is 15.7 Å². The fraction of sp³-hybridized carbons (Fsp3) is 0.100. The number of halogens is 2. The van der Waals surface area contributed by atoms with E-state index in [2.05, 4.69) is 4.98 Å². The lowest BCUT2D eigenvalue weighted by atomic mass is 10.4. The number of aromatic nitrogens is 1. The molecule has 2 nitrogen and oxygen atoms in total. The highest BCUT2D eigenvalue weighted by atomic mass is 35.5. The number of anilines is 1. The van der Waals surface area contributed by atoms with Crippen LogP contribution in [0.3, 0.4) is 0 Å². The molecule has 0 atom stereocenters. The minimum atomic E-state index is 0.573. The van der Waals surface area contributed by atoms with Gasteiger partial charge in [0.25, 0.3) is 0 Å². The summed E-state index contributed by atoms with van der Waals surface area (Å²) in [4.78, 5) is 5.25. The van der Waals surface area contributed by atoms with E-state index < -0.39 is 0 Å². The van der Waals surface area contributed by atoms with Crippen molar-refractivity contribution in [3.05, 3.63) is 39.3 Å². The smallest absolute Gasteiger partial charge is 0.180 e. The molecule has 0 aliphatic heterocycles. The predicted octanol–water partition coefficient (Wildman–Crippen LogP) is 4.32. The van der Waals surface area contributed by atoms with Gasteiger partial charge in [-0.05, 0) is 18.2 Å². The first-order chi connectivity index (χ1) is 7.65. The Kier molecular flexibility index (Phi) is 3.97. The van der Waals surface area contributed by atoms with E-state index in [0.29, 0.717) is 15.2 Å². The number of thioether (sulfide) groups is 1. The summed E-state index contributed by atoms with van der Waals surface area (Å²) in [5.74, 6) is 0.783. The number of hydrogen-bond acceptors (Lipinski definition) is 4. The number of nitrogen functional groups attached to an aromatic ring is 1. The maximum atomic E-state index is 5.92. The third-order valence-corrected chi connectivity index (χ3v) is 4.34. The summed E-state index contributed by atoms with van der Waals surface area (Å²) in [6.45, 7) is 0. The molecule has 2 aromatic rings. The molecule has 1 aromatic carbocycles. The zero-order valence-corrected chi connectivity index (χ0v) is 11.3. The molecule has 0 aliphatic rings. The van der Waals surface area contributed by atoms with Crippen molar-refractivity contribution in [2.24, 2.45) is 0 Å². The molecule has 0 amide bonds. The Morgan fingerprint density at radius 2 is 2.12 bits per heavy atom. The third kappa shape index (κ3) is 3.04. The second kappa shape index (κ2) is 5.27. The van der Waals surface area contributed by atoms with Crippen LogP contribution in [-0.2, 0) is 5.75 Å². The topological polar surface area (TPSA) is 38.9 Å². The monoisotopic (exact) mass is 290 g/mol. The van der Waals surface area contributed by atoms with E-state index in [-0.39, 0.29) is 0 Å². The van der Waals surface area contributed by atoms with Crippen molar-refractivity contribution in [3.63, 3.8) is 0 Å². The number of rotatable bonds is 3. The number of nitrogens with zero attached hydrogens (tertiary/aromatic N) is 1. The number of thiazole rings is 1. The fourth-order valence-corrected chi connectivity index (χ4v) is 2.97. The first kappa shape index (κ1) is 12.0. The van der Waals surface area contributed by atoms with Crippen LogP contribution in [-0.4, -0.2) is 4.98 Å². The SMILES string of the molecule is Nc1nc(CSc2ccc(Cl)c(Cl)c2)cs1. The molecule has 16 heavy (non-hydrogen) atoms. The van der Waals surface area contributed by atoms with Crippen LogP contribution in [0.15, 0.2) is 28.5 Å². The molecule has 2 N–H and O–H groups in total. The summed E-state index contributed by atoms with van der Waals surface area (Å²) in [5.41, 5.74) is 6.54. The Hall–Kier alpha value is -0.420. The highest BCUT2D eigenvalue weighted by Gasteiger charge is 2.03. The van der Waals surface area contributed by atoms with Gasteiger partial charge in [-0.15, -0.1) is 23.1 Å². The molecule has 0 saturated heterocycles. The standard InChI is InChI=1S/C10H8Cl2N2S2/c11-8-2-1-7(3-9(8)12)15-4-6-5-16-10(13)14-6/h1-3,5H,4H2,(H2,13,14). The normalized spacial score (nSPS) is 10.6. The Balaban J connectivity index is 2.02. The lowest BCUT2D eigenvalue weighted by Crippen LogP contribution is -1.84. The Morgan fingerprint density at radius 3 is 2.75 bits per heavy atom. The van der Waals surface area contributed by atoms with E-state index in [1.807, 2.05) is 17.5 Å². The molecule has 1 aromatic heterocycles. The Labute approximate surface area is 112 Å². The van der Waals surface area contributed by atoms with Crippen LogP contribution >= 0.6 is 46.3 Å². The van der Waals surface area contributed by atoms with Gasteiger partial charge in [-0.3, -0.25) is 0 Å². The van der Waals surface area contributed by atoms with Crippen molar-refractivity contribution < 1.29 is 0 Å². The summed E-state index contributed by atoms with van der Waals surface area (Å²) in [6.07, 6.45) is 0. The highest BCUT2D eigenvalue weighted by Crippen LogP contribution is 2.30. The molecule has 2 rings (SSSR count). The van der Waals surface area contributed by atoms with Gasteiger partial charge in [-0.25, -0.2) is 4.98 Å². The average Bonchev–Trinajstić information content (AvgIpc) is 2.66. The van der Waals surface area contributed by atoms with Gasteiger partial charge in [0.15, 0.2) is 5.13 Å². The number of benzene rings is 1. The van der Waals surface area contributed by atoms with E-state index in [0.717, 1.165) is 16.3 Å². The fourth-order valence-electron chi connectivity index (χ4n) is 1.11. The maximum Gasteiger partial charge on any atom is 0.180 e. The average molecular weight is 291 g/mol. The zero-order valence-electron chi connectivity index (χ0n) is 8.11. The summed E-state index contributed by atoms with van der Waals surface area (Å²) in [7, 11) is 0. The van der Waals surface area contributed by atoms with Crippen molar-refractivity contribution in [1.82, 2.24) is 4.98 Å². The van der Waals surface area contributed by atoms with Gasteiger partial charge >= 0.3 is 0 Å². The lowest BCUT2D eigenvalue weighted by Gasteiger charge is -2.01. The van der Waals surface area contributed by atoms with Gasteiger partial charge in [0.1, 0.15) is 0 Å². The molecule has 0 spiro atoms. The molecule has 0 saturated carbocycles. The van der Waals surface area contributed by atoms with Gasteiger partial charge < -0.3 is 5.73 Å². The summed E-state index contributed by atoms with van der Waals surface area (Å²) < 4.78 is 0. The van der Waals surface area contributed by atoms with Crippen molar-refractivity contribution in [2.75, 3.05) is 5.73 Å². The summed E-state index contributed by atoms with van der Waals surface area (Å²) >= 11 is 14.9. The molecule has 0 radical (unpaired) electrons. The van der Waals surface area contributed by atoms with Crippen LogP contribution < -0.4 is 5.73 Å². The van der Waals surface area contributed by atoms with Crippen molar-refractivity contribution in [3.8, 4) is 0 Å². The first-order valence-electron chi connectivity index (χ1n) is 4.43. The van der Waals surface area contributed by atoms with Crippen LogP contribution in [0.1, 0.15) is 5.69 Å². The van der Waals surface area contributed by atoms with E-state index in [1.54, 1.807) is 17.8 Å². The molecule has 0 aliphatic carbocycles. The highest BCUT2D eigenvalue weighted by molar-refractivity contribution is 7.98. The minimum Gasteiger partial charge on any atom is -0.375 e. The zero-order chi connectivity index (χ0) is 11.5. The predicted molar refractivity (Wildman–Crippen MR) is 72.5 cm³/mol. The van der Waals surface area contributed by atoms with E-state index >= 15 is 0 Å². The molecular weight excluding hydrogens is 283 g/mol. The van der Waals surface area contributed by atoms with Crippen LogP contribution in [0.2, 0.25) is 10.0 Å². The van der Waals surface area contributed by atoms with Gasteiger partial charge in [0.2, 0.25) is 0 Å². The van der Waals surface area contributed by atoms with Crippen LogP contribution in [0.5, 0.6) is 0 Å². The van der Waals surface area contributed by atoms with Gasteiger partial charge in [0, 0.05) is 16.0 Å². The second-order valence-corrected chi connectivity index (χ2v) is 5.79. The molecule has 84 valence electrons. The third-order valence-electron chi connectivity index (χ3n) is 1.85. The summed E-state index contributed by atoms with van der Waals surface area (Å²) in [5, 5.41) is 3.71. The quantitative estimate of drug-likeness (QED) is 0.856. The largest absolute Gasteiger partial charge is 0.375 e. The van der Waals surface area contributed by atoms with Crippen molar-refractivity contribution in [2.45, 2.75) is 10.6 Å². The number of hydrogen-bond donors (Lipinski definition) is 1. The van der Waals surface area contributed by atoms with Crippen LogP contribution in [0.25, 0.3) is 0 Å². The Morgan fingerprint density at radius 1 is 1.31 bits per heavy atom. The molecule has 0 bridgehead atoms. The van der Waals surface area contributed by atoms with E-state index in [9.17, 15) is 0 Å². The molecule has 0 unspecified atom stereocenters. The minimum absolute atomic E-state index is 0.573. The molecule has 1 heterocycles. The number of nitrogens with two attached hydrogens (primary N) is 1.